The van der Waals surface area contributed by atoms with E-state index in [1.54, 1.807) is 13.8 Å². The van der Waals surface area contributed by atoms with E-state index in [9.17, 15) is 9.59 Å². The van der Waals surface area contributed by atoms with Crippen LogP contribution in [0.2, 0.25) is 10.0 Å². The SMILES string of the molecule is CCC(C)(Cl)C(=O)CNC(=O)c1cc(Cl)c(C)c(Cl)c1. The van der Waals surface area contributed by atoms with Crippen LogP contribution in [-0.4, -0.2) is 23.1 Å². The molecule has 1 aromatic rings. The van der Waals surface area contributed by atoms with Gasteiger partial charge in [-0.15, -0.1) is 11.6 Å². The summed E-state index contributed by atoms with van der Waals surface area (Å²) in [6.07, 6.45) is 0.492. The average Bonchev–Trinajstić information content (AvgIpc) is 2.40. The molecule has 1 aromatic carbocycles. The summed E-state index contributed by atoms with van der Waals surface area (Å²) < 4.78 is 0. The summed E-state index contributed by atoms with van der Waals surface area (Å²) in [4.78, 5) is 22.8. The molecule has 1 N–H and O–H groups in total. The molecule has 0 saturated carbocycles. The molecule has 0 aliphatic rings. The molecule has 20 heavy (non-hydrogen) atoms. The zero-order chi connectivity index (χ0) is 15.5. The number of ketones is 1. The Morgan fingerprint density at radius 3 is 2.20 bits per heavy atom. The largest absolute Gasteiger partial charge is 0.345 e. The number of nitrogens with one attached hydrogen (secondary N) is 1. The number of hydrogen-bond donors (Lipinski definition) is 1. The Morgan fingerprint density at radius 2 is 1.75 bits per heavy atom. The quantitative estimate of drug-likeness (QED) is 0.826. The first-order valence-electron chi connectivity index (χ1n) is 6.15. The lowest BCUT2D eigenvalue weighted by Gasteiger charge is -2.18. The minimum Gasteiger partial charge on any atom is -0.345 e. The second kappa shape index (κ2) is 6.79. The van der Waals surface area contributed by atoms with Crippen LogP contribution in [0.25, 0.3) is 0 Å². The molecule has 0 bridgehead atoms. The van der Waals surface area contributed by atoms with Crippen molar-refractivity contribution in [3.05, 3.63) is 33.3 Å². The number of amides is 1. The third-order valence-corrected chi connectivity index (χ3v) is 4.46. The monoisotopic (exact) mass is 335 g/mol. The van der Waals surface area contributed by atoms with Gasteiger partial charge in [-0.05, 0) is 38.0 Å². The van der Waals surface area contributed by atoms with Gasteiger partial charge in [0.25, 0.3) is 5.91 Å². The number of carbonyl (C=O) groups is 2. The highest BCUT2D eigenvalue weighted by molar-refractivity contribution is 6.36. The molecule has 0 aliphatic heterocycles. The Labute approximate surface area is 133 Å². The second-order valence-electron chi connectivity index (χ2n) is 4.72. The van der Waals surface area contributed by atoms with Crippen LogP contribution >= 0.6 is 34.8 Å². The Morgan fingerprint density at radius 1 is 1.25 bits per heavy atom. The van der Waals surface area contributed by atoms with Gasteiger partial charge in [0.2, 0.25) is 0 Å². The number of halogens is 3. The summed E-state index contributed by atoms with van der Waals surface area (Å²) in [5, 5.41) is 3.34. The Balaban J connectivity index is 2.76. The lowest BCUT2D eigenvalue weighted by atomic mass is 10.0. The number of Topliss-reactive ketones (excluding diaryl/α,β-unsaturated/α-hetero) is 1. The summed E-state index contributed by atoms with van der Waals surface area (Å²) in [5.74, 6) is -0.648. The number of hydrogen-bond acceptors (Lipinski definition) is 2. The van der Waals surface area contributed by atoms with Gasteiger partial charge in [-0.2, -0.15) is 0 Å². The van der Waals surface area contributed by atoms with Crippen LogP contribution in [0, 0.1) is 6.92 Å². The summed E-state index contributed by atoms with van der Waals surface area (Å²) >= 11 is 18.0. The molecule has 1 unspecified atom stereocenters. The summed E-state index contributed by atoms with van der Waals surface area (Å²) in [6, 6.07) is 3.03. The van der Waals surface area contributed by atoms with Crippen molar-refractivity contribution in [1.29, 1.82) is 0 Å². The molecule has 0 radical (unpaired) electrons. The van der Waals surface area contributed by atoms with Gasteiger partial charge in [-0.25, -0.2) is 0 Å². The molecular weight excluding hydrogens is 321 g/mol. The van der Waals surface area contributed by atoms with Crippen molar-refractivity contribution < 1.29 is 9.59 Å². The van der Waals surface area contributed by atoms with E-state index in [0.717, 1.165) is 0 Å². The first-order chi connectivity index (χ1) is 9.19. The van der Waals surface area contributed by atoms with E-state index in [-0.39, 0.29) is 12.3 Å². The average molecular weight is 337 g/mol. The maximum atomic E-state index is 12.0. The van der Waals surface area contributed by atoms with Crippen LogP contribution in [0.3, 0.4) is 0 Å². The van der Waals surface area contributed by atoms with Gasteiger partial charge in [0.05, 0.1) is 6.54 Å². The summed E-state index contributed by atoms with van der Waals surface area (Å²) in [7, 11) is 0. The first kappa shape index (κ1) is 17.3. The van der Waals surface area contributed by atoms with E-state index in [4.69, 9.17) is 34.8 Å². The maximum Gasteiger partial charge on any atom is 0.251 e. The smallest absolute Gasteiger partial charge is 0.251 e. The molecule has 1 rings (SSSR count). The molecule has 3 nitrogen and oxygen atoms in total. The Bertz CT molecular complexity index is 518. The summed E-state index contributed by atoms with van der Waals surface area (Å²) in [5.41, 5.74) is 1.02. The second-order valence-corrected chi connectivity index (χ2v) is 6.37. The van der Waals surface area contributed by atoms with Gasteiger partial charge in [0, 0.05) is 15.6 Å². The van der Waals surface area contributed by atoms with Gasteiger partial charge in [0.15, 0.2) is 5.78 Å². The van der Waals surface area contributed by atoms with Crippen molar-refractivity contribution in [2.45, 2.75) is 32.1 Å². The van der Waals surface area contributed by atoms with Crippen molar-refractivity contribution in [2.75, 3.05) is 6.54 Å². The fourth-order valence-electron chi connectivity index (χ4n) is 1.42. The highest BCUT2D eigenvalue weighted by Gasteiger charge is 2.28. The van der Waals surface area contributed by atoms with Crippen molar-refractivity contribution >= 4 is 46.5 Å². The summed E-state index contributed by atoms with van der Waals surface area (Å²) in [6.45, 7) is 5.07. The van der Waals surface area contributed by atoms with Crippen LogP contribution in [0.15, 0.2) is 12.1 Å². The standard InChI is InChI=1S/C14H16Cl3NO2/c1-4-14(3,17)12(19)7-18-13(20)9-5-10(15)8(2)11(16)6-9/h5-6H,4,7H2,1-3H3,(H,18,20). The number of benzene rings is 1. The molecule has 1 atom stereocenters. The molecular formula is C14H16Cl3NO2. The normalized spacial score (nSPS) is 13.7. The van der Waals surface area contributed by atoms with E-state index in [1.165, 1.54) is 12.1 Å². The number of alkyl halides is 1. The third kappa shape index (κ3) is 4.11. The Kier molecular flexibility index (Phi) is 5.87. The zero-order valence-electron chi connectivity index (χ0n) is 11.5. The van der Waals surface area contributed by atoms with Gasteiger partial charge in [-0.1, -0.05) is 30.1 Å². The van der Waals surface area contributed by atoms with E-state index in [2.05, 4.69) is 5.32 Å². The van der Waals surface area contributed by atoms with Crippen LogP contribution in [0.1, 0.15) is 36.2 Å². The molecule has 1 amide bonds. The van der Waals surface area contributed by atoms with E-state index < -0.39 is 10.8 Å². The van der Waals surface area contributed by atoms with Crippen molar-refractivity contribution in [3.63, 3.8) is 0 Å². The fraction of sp³-hybridized carbons (Fsp3) is 0.429. The van der Waals surface area contributed by atoms with Crippen molar-refractivity contribution in [3.8, 4) is 0 Å². The predicted octanol–water partition coefficient (Wildman–Crippen LogP) is 4.01. The Hall–Kier alpha value is -0.770. The van der Waals surface area contributed by atoms with Crippen LogP contribution in [0.4, 0.5) is 0 Å². The van der Waals surface area contributed by atoms with Crippen molar-refractivity contribution in [1.82, 2.24) is 5.32 Å². The minimum absolute atomic E-state index is 0.129. The molecule has 0 aliphatic carbocycles. The third-order valence-electron chi connectivity index (χ3n) is 3.20. The lowest BCUT2D eigenvalue weighted by Crippen LogP contribution is -2.39. The van der Waals surface area contributed by atoms with Crippen LogP contribution < -0.4 is 5.32 Å². The van der Waals surface area contributed by atoms with Crippen molar-refractivity contribution in [2.24, 2.45) is 0 Å². The maximum absolute atomic E-state index is 12.0. The van der Waals surface area contributed by atoms with E-state index in [1.807, 2.05) is 6.92 Å². The number of carbonyl (C=O) groups excluding carboxylic acids is 2. The highest BCUT2D eigenvalue weighted by Crippen LogP contribution is 2.25. The van der Waals surface area contributed by atoms with Gasteiger partial charge < -0.3 is 5.32 Å². The molecule has 0 spiro atoms. The van der Waals surface area contributed by atoms with Crippen LogP contribution in [-0.2, 0) is 4.79 Å². The molecule has 110 valence electrons. The topological polar surface area (TPSA) is 46.2 Å². The number of rotatable bonds is 5. The first-order valence-corrected chi connectivity index (χ1v) is 7.28. The molecule has 6 heteroatoms. The fourth-order valence-corrected chi connectivity index (χ4v) is 1.97. The molecule has 0 heterocycles. The van der Waals surface area contributed by atoms with Gasteiger partial charge in [0.1, 0.15) is 4.87 Å². The van der Waals surface area contributed by atoms with E-state index in [0.29, 0.717) is 27.6 Å². The minimum atomic E-state index is -0.962. The van der Waals surface area contributed by atoms with E-state index >= 15 is 0 Å². The molecule has 0 saturated heterocycles. The predicted molar refractivity (Wildman–Crippen MR) is 83.1 cm³/mol. The van der Waals surface area contributed by atoms with Gasteiger partial charge >= 0.3 is 0 Å². The molecule has 0 aromatic heterocycles. The van der Waals surface area contributed by atoms with Gasteiger partial charge in [-0.3, -0.25) is 9.59 Å². The highest BCUT2D eigenvalue weighted by atomic mass is 35.5. The molecule has 0 fully saturated rings. The lowest BCUT2D eigenvalue weighted by molar-refractivity contribution is -0.120. The zero-order valence-corrected chi connectivity index (χ0v) is 13.8. The van der Waals surface area contributed by atoms with Crippen LogP contribution in [0.5, 0.6) is 0 Å².